The summed E-state index contributed by atoms with van der Waals surface area (Å²) in [5, 5.41) is 10.3. The number of amides is 1. The Hall–Kier alpha value is -3.36. The summed E-state index contributed by atoms with van der Waals surface area (Å²) < 4.78 is 69.5. The van der Waals surface area contributed by atoms with E-state index >= 15 is 0 Å². The number of hydrogen-bond donors (Lipinski definition) is 2. The third kappa shape index (κ3) is 9.19. The van der Waals surface area contributed by atoms with E-state index in [4.69, 9.17) is 19.4 Å². The molecule has 1 aliphatic heterocycles. The van der Waals surface area contributed by atoms with Crippen molar-refractivity contribution < 1.29 is 45.8 Å². The van der Waals surface area contributed by atoms with Gasteiger partial charge in [-0.2, -0.15) is 17.5 Å². The standard InChI is InChI=1S/C22H29N3O5S.C2HF3O2/c1-29-19-7-5-6-18(16-19)17-24(22(26)20-8-3-4-9-21(20)30-2)14-15-31(27,28)25-12-10-23-11-13-25;3-2(4,5)1(6)7/h3-9,16,23H,10-15,17H2,1-2H3;(H,6,7). The molecule has 1 heterocycles. The van der Waals surface area contributed by atoms with Crippen LogP contribution in [0, 0.1) is 0 Å². The van der Waals surface area contributed by atoms with Gasteiger partial charge < -0.3 is 24.8 Å². The average Bonchev–Trinajstić information content (AvgIpc) is 2.91. The average molecular weight is 562 g/mol. The molecule has 210 valence electrons. The molecule has 38 heavy (non-hydrogen) atoms. The first-order chi connectivity index (χ1) is 17.9. The molecule has 1 amide bonds. The molecule has 3 rings (SSSR count). The number of aliphatic carboxylic acids is 1. The molecule has 0 saturated carbocycles. The Kier molecular flexibility index (Phi) is 11.4. The number of carboxylic acids is 1. The van der Waals surface area contributed by atoms with E-state index in [0.717, 1.165) is 5.56 Å². The van der Waals surface area contributed by atoms with Crippen molar-refractivity contribution in [3.05, 3.63) is 59.7 Å². The normalized spacial score (nSPS) is 14.1. The monoisotopic (exact) mass is 561 g/mol. The largest absolute Gasteiger partial charge is 0.497 e. The lowest BCUT2D eigenvalue weighted by Gasteiger charge is -2.29. The van der Waals surface area contributed by atoms with Crippen molar-refractivity contribution in [2.24, 2.45) is 0 Å². The summed E-state index contributed by atoms with van der Waals surface area (Å²) in [5.41, 5.74) is 1.25. The van der Waals surface area contributed by atoms with Crippen molar-refractivity contribution in [3.63, 3.8) is 0 Å². The minimum atomic E-state index is -5.08. The fourth-order valence-electron chi connectivity index (χ4n) is 3.51. The first kappa shape index (κ1) is 30.9. The zero-order valence-corrected chi connectivity index (χ0v) is 21.7. The van der Waals surface area contributed by atoms with Gasteiger partial charge in [-0.25, -0.2) is 13.2 Å². The van der Waals surface area contributed by atoms with Gasteiger partial charge in [0, 0.05) is 39.3 Å². The van der Waals surface area contributed by atoms with E-state index in [0.29, 0.717) is 43.2 Å². The van der Waals surface area contributed by atoms with Gasteiger partial charge in [-0.3, -0.25) is 4.79 Å². The zero-order chi connectivity index (χ0) is 28.3. The Morgan fingerprint density at radius 1 is 1.05 bits per heavy atom. The van der Waals surface area contributed by atoms with Crippen molar-refractivity contribution >= 4 is 21.9 Å². The van der Waals surface area contributed by atoms with Gasteiger partial charge in [-0.15, -0.1) is 0 Å². The van der Waals surface area contributed by atoms with Crippen molar-refractivity contribution in [1.29, 1.82) is 0 Å². The van der Waals surface area contributed by atoms with E-state index in [1.54, 1.807) is 36.3 Å². The molecule has 0 aliphatic carbocycles. The first-order valence-electron chi connectivity index (χ1n) is 11.4. The predicted molar refractivity (Wildman–Crippen MR) is 133 cm³/mol. The lowest BCUT2D eigenvalue weighted by atomic mass is 10.1. The maximum atomic E-state index is 13.4. The maximum absolute atomic E-state index is 13.4. The topological polar surface area (TPSA) is 125 Å². The molecule has 1 saturated heterocycles. The summed E-state index contributed by atoms with van der Waals surface area (Å²) in [6.45, 7) is 2.47. The maximum Gasteiger partial charge on any atom is 0.490 e. The number of methoxy groups -OCH3 is 2. The molecule has 2 aromatic rings. The number of benzene rings is 2. The van der Waals surface area contributed by atoms with Gasteiger partial charge in [0.1, 0.15) is 11.5 Å². The lowest BCUT2D eigenvalue weighted by Crippen LogP contribution is -2.48. The molecule has 2 aromatic carbocycles. The highest BCUT2D eigenvalue weighted by molar-refractivity contribution is 7.89. The number of hydrogen-bond acceptors (Lipinski definition) is 7. The number of carbonyl (C=O) groups excluding carboxylic acids is 1. The van der Waals surface area contributed by atoms with Gasteiger partial charge in [0.05, 0.1) is 25.5 Å². The van der Waals surface area contributed by atoms with Gasteiger partial charge in [0.15, 0.2) is 0 Å². The molecule has 0 radical (unpaired) electrons. The molecule has 10 nitrogen and oxygen atoms in total. The van der Waals surface area contributed by atoms with Crippen LogP contribution in [0.3, 0.4) is 0 Å². The van der Waals surface area contributed by atoms with Crippen molar-refractivity contribution in [1.82, 2.24) is 14.5 Å². The Morgan fingerprint density at radius 2 is 1.68 bits per heavy atom. The quantitative estimate of drug-likeness (QED) is 0.478. The second kappa shape index (κ2) is 14.0. The molecular formula is C24H30F3N3O7S. The SMILES string of the molecule is COc1cccc(CN(CCS(=O)(=O)N2CCNCC2)C(=O)c2ccccc2OC)c1.O=C(O)C(F)(F)F. The van der Waals surface area contributed by atoms with E-state index in [2.05, 4.69) is 5.32 Å². The Morgan fingerprint density at radius 3 is 2.26 bits per heavy atom. The van der Waals surface area contributed by atoms with Crippen LogP contribution in [0.5, 0.6) is 11.5 Å². The molecule has 2 N–H and O–H groups in total. The van der Waals surface area contributed by atoms with Crippen molar-refractivity contribution in [3.8, 4) is 11.5 Å². The van der Waals surface area contributed by atoms with Crippen LogP contribution in [0.25, 0.3) is 0 Å². The number of nitrogens with zero attached hydrogens (tertiary/aromatic N) is 2. The highest BCUT2D eigenvalue weighted by Crippen LogP contribution is 2.22. The Labute approximate surface area is 219 Å². The molecule has 0 bridgehead atoms. The molecular weight excluding hydrogens is 531 g/mol. The third-order valence-electron chi connectivity index (χ3n) is 5.46. The van der Waals surface area contributed by atoms with E-state index in [1.807, 2.05) is 24.3 Å². The van der Waals surface area contributed by atoms with Crippen molar-refractivity contribution in [2.75, 3.05) is 52.7 Å². The lowest BCUT2D eigenvalue weighted by molar-refractivity contribution is -0.192. The highest BCUT2D eigenvalue weighted by atomic mass is 32.2. The number of rotatable bonds is 9. The molecule has 14 heteroatoms. The van der Waals surface area contributed by atoms with Gasteiger partial charge >= 0.3 is 12.1 Å². The summed E-state index contributed by atoms with van der Waals surface area (Å²) in [6.07, 6.45) is -5.08. The third-order valence-corrected chi connectivity index (χ3v) is 7.31. The van der Waals surface area contributed by atoms with Gasteiger partial charge in [-0.05, 0) is 29.8 Å². The summed E-state index contributed by atoms with van der Waals surface area (Å²) in [7, 11) is -0.384. The summed E-state index contributed by atoms with van der Waals surface area (Å²) >= 11 is 0. The number of halogens is 3. The van der Waals surface area contributed by atoms with Crippen LogP contribution < -0.4 is 14.8 Å². The van der Waals surface area contributed by atoms with Crippen LogP contribution in [0.2, 0.25) is 0 Å². The van der Waals surface area contributed by atoms with Gasteiger partial charge in [0.25, 0.3) is 5.91 Å². The second-order valence-electron chi connectivity index (χ2n) is 8.05. The zero-order valence-electron chi connectivity index (χ0n) is 20.9. The summed E-state index contributed by atoms with van der Waals surface area (Å²) in [6, 6.07) is 14.3. The number of sulfonamides is 1. The first-order valence-corrected chi connectivity index (χ1v) is 13.0. The molecule has 1 fully saturated rings. The number of nitrogens with one attached hydrogen (secondary N) is 1. The Bertz CT molecular complexity index is 1190. The number of ether oxygens (including phenoxy) is 2. The minimum Gasteiger partial charge on any atom is -0.497 e. The Balaban J connectivity index is 0.000000638. The molecule has 1 aliphatic rings. The van der Waals surface area contributed by atoms with Crippen LogP contribution in [0.15, 0.2) is 48.5 Å². The minimum absolute atomic E-state index is 0.0698. The number of para-hydroxylation sites is 1. The van der Waals surface area contributed by atoms with Crippen LogP contribution in [-0.4, -0.2) is 93.5 Å². The fourth-order valence-corrected chi connectivity index (χ4v) is 4.96. The van der Waals surface area contributed by atoms with Gasteiger partial charge in [-0.1, -0.05) is 24.3 Å². The van der Waals surface area contributed by atoms with Crippen LogP contribution in [0.1, 0.15) is 15.9 Å². The van der Waals surface area contributed by atoms with Gasteiger partial charge in [0.2, 0.25) is 10.0 Å². The van der Waals surface area contributed by atoms with Crippen LogP contribution in [0.4, 0.5) is 13.2 Å². The highest BCUT2D eigenvalue weighted by Gasteiger charge is 2.38. The molecule has 0 atom stereocenters. The number of carboxylic acid groups (broad SMARTS) is 1. The smallest absolute Gasteiger partial charge is 0.490 e. The van der Waals surface area contributed by atoms with E-state index in [-0.39, 0.29) is 24.7 Å². The van der Waals surface area contributed by atoms with Crippen LogP contribution in [-0.2, 0) is 21.4 Å². The summed E-state index contributed by atoms with van der Waals surface area (Å²) in [4.78, 5) is 23.8. The molecule has 0 aromatic heterocycles. The van der Waals surface area contributed by atoms with E-state index < -0.39 is 22.2 Å². The predicted octanol–water partition coefficient (Wildman–Crippen LogP) is 2.21. The van der Waals surface area contributed by atoms with Crippen LogP contribution >= 0.6 is 0 Å². The number of alkyl halides is 3. The summed E-state index contributed by atoms with van der Waals surface area (Å²) in [5.74, 6) is -2.05. The van der Waals surface area contributed by atoms with E-state index in [1.165, 1.54) is 11.4 Å². The molecule has 0 spiro atoms. The molecule has 0 unspecified atom stereocenters. The number of piperazine rings is 1. The van der Waals surface area contributed by atoms with Crippen molar-refractivity contribution in [2.45, 2.75) is 12.7 Å². The second-order valence-corrected chi connectivity index (χ2v) is 10.1. The fraction of sp³-hybridized carbons (Fsp3) is 0.417. The van der Waals surface area contributed by atoms with E-state index in [9.17, 15) is 26.4 Å². The number of carbonyl (C=O) groups is 2.